The van der Waals surface area contributed by atoms with Crippen molar-refractivity contribution in [2.45, 2.75) is 6.36 Å². The number of alkyl halides is 3. The Kier molecular flexibility index (Phi) is 3.08. The average molecular weight is 247 g/mol. The van der Waals surface area contributed by atoms with Crippen LogP contribution in [0.25, 0.3) is 0 Å². The molecule has 6 nitrogen and oxygen atoms in total. The van der Waals surface area contributed by atoms with Crippen molar-refractivity contribution in [1.29, 1.82) is 5.26 Å². The van der Waals surface area contributed by atoms with Crippen LogP contribution in [0.15, 0.2) is 6.07 Å². The molecule has 0 bridgehead atoms. The van der Waals surface area contributed by atoms with Crippen LogP contribution in [0.5, 0.6) is 5.75 Å². The molecule has 3 N–H and O–H groups in total. The maximum absolute atomic E-state index is 11.9. The topological polar surface area (TPSA) is 109 Å². The number of carboxylic acids is 1. The predicted molar refractivity (Wildman–Crippen MR) is 47.0 cm³/mol. The summed E-state index contributed by atoms with van der Waals surface area (Å²) in [6, 6.07) is 1.95. The van der Waals surface area contributed by atoms with Gasteiger partial charge in [-0.1, -0.05) is 0 Å². The van der Waals surface area contributed by atoms with Gasteiger partial charge in [0.1, 0.15) is 6.07 Å². The molecule has 0 aliphatic carbocycles. The molecule has 0 spiro atoms. The summed E-state index contributed by atoms with van der Waals surface area (Å²) in [5.74, 6) is -3.26. The number of aromatic nitrogens is 1. The predicted octanol–water partition coefficient (Wildman–Crippen LogP) is 1.13. The van der Waals surface area contributed by atoms with Crippen LogP contribution >= 0.6 is 0 Å². The molecule has 0 unspecified atom stereocenters. The van der Waals surface area contributed by atoms with E-state index in [0.717, 1.165) is 0 Å². The van der Waals surface area contributed by atoms with Crippen LogP contribution in [-0.4, -0.2) is 22.4 Å². The molecule has 90 valence electrons. The third-order valence-corrected chi connectivity index (χ3v) is 1.56. The van der Waals surface area contributed by atoms with Crippen molar-refractivity contribution in [1.82, 2.24) is 4.98 Å². The highest BCUT2D eigenvalue weighted by Gasteiger charge is 2.33. The van der Waals surface area contributed by atoms with Gasteiger partial charge in [0.2, 0.25) is 0 Å². The summed E-state index contributed by atoms with van der Waals surface area (Å²) >= 11 is 0. The largest absolute Gasteiger partial charge is 0.573 e. The first-order valence-corrected chi connectivity index (χ1v) is 3.94. The molecule has 0 atom stereocenters. The second kappa shape index (κ2) is 4.17. The lowest BCUT2D eigenvalue weighted by Crippen LogP contribution is -2.19. The number of halogens is 3. The lowest BCUT2D eigenvalue weighted by atomic mass is 10.2. The summed E-state index contributed by atoms with van der Waals surface area (Å²) in [5, 5.41) is 17.2. The first-order valence-electron chi connectivity index (χ1n) is 3.94. The minimum Gasteiger partial charge on any atom is -0.476 e. The molecule has 0 amide bonds. The lowest BCUT2D eigenvalue weighted by Gasteiger charge is -2.11. The maximum Gasteiger partial charge on any atom is 0.573 e. The van der Waals surface area contributed by atoms with Crippen LogP contribution < -0.4 is 10.5 Å². The minimum atomic E-state index is -5.01. The Morgan fingerprint density at radius 2 is 2.18 bits per heavy atom. The average Bonchev–Trinajstić information content (AvgIpc) is 2.18. The van der Waals surface area contributed by atoms with E-state index in [1.165, 1.54) is 6.07 Å². The van der Waals surface area contributed by atoms with E-state index in [1.54, 1.807) is 0 Å². The number of anilines is 1. The zero-order valence-electron chi connectivity index (χ0n) is 7.95. The summed E-state index contributed by atoms with van der Waals surface area (Å²) < 4.78 is 39.2. The Morgan fingerprint density at radius 3 is 2.59 bits per heavy atom. The molecule has 9 heteroatoms. The SMILES string of the molecule is N#Cc1cc(OC(F)(F)F)c(N)nc1C(=O)O. The molecule has 0 aliphatic rings. The summed E-state index contributed by atoms with van der Waals surface area (Å²) in [7, 11) is 0. The molecule has 17 heavy (non-hydrogen) atoms. The van der Waals surface area contributed by atoms with E-state index in [-0.39, 0.29) is 0 Å². The highest BCUT2D eigenvalue weighted by atomic mass is 19.4. The van der Waals surface area contributed by atoms with Crippen LogP contribution in [0.2, 0.25) is 0 Å². The number of carbonyl (C=O) groups is 1. The highest BCUT2D eigenvalue weighted by molar-refractivity contribution is 5.89. The Labute approximate surface area is 92.0 Å². The number of pyridine rings is 1. The van der Waals surface area contributed by atoms with E-state index in [0.29, 0.717) is 6.07 Å². The Bertz CT molecular complexity index is 507. The van der Waals surface area contributed by atoms with E-state index in [4.69, 9.17) is 16.1 Å². The molecule has 0 fully saturated rings. The molecule has 0 radical (unpaired) electrons. The number of nitrogen functional groups attached to an aromatic ring is 1. The fourth-order valence-corrected chi connectivity index (χ4v) is 0.964. The van der Waals surface area contributed by atoms with Gasteiger partial charge in [-0.25, -0.2) is 9.78 Å². The second-order valence-corrected chi connectivity index (χ2v) is 2.73. The zero-order valence-corrected chi connectivity index (χ0v) is 7.95. The molecule has 1 rings (SSSR count). The van der Waals surface area contributed by atoms with Crippen molar-refractivity contribution in [2.75, 3.05) is 5.73 Å². The highest BCUT2D eigenvalue weighted by Crippen LogP contribution is 2.28. The molecule has 0 aromatic carbocycles. The molecule has 0 saturated carbocycles. The molecule has 0 saturated heterocycles. The number of aromatic carboxylic acids is 1. The van der Waals surface area contributed by atoms with Crippen molar-refractivity contribution in [3.05, 3.63) is 17.3 Å². The monoisotopic (exact) mass is 247 g/mol. The number of nitrogens with two attached hydrogens (primary N) is 1. The van der Waals surface area contributed by atoms with Gasteiger partial charge in [0.25, 0.3) is 0 Å². The van der Waals surface area contributed by atoms with Gasteiger partial charge in [0.05, 0.1) is 5.56 Å². The van der Waals surface area contributed by atoms with Crippen molar-refractivity contribution in [3.8, 4) is 11.8 Å². The Morgan fingerprint density at radius 1 is 1.59 bits per heavy atom. The van der Waals surface area contributed by atoms with Crippen LogP contribution in [0.3, 0.4) is 0 Å². The summed E-state index contributed by atoms with van der Waals surface area (Å²) in [4.78, 5) is 13.8. The van der Waals surface area contributed by atoms with Gasteiger partial charge >= 0.3 is 12.3 Å². The summed E-state index contributed by atoms with van der Waals surface area (Å²) in [5.41, 5.74) is 3.77. The van der Waals surface area contributed by atoms with Crippen LogP contribution in [-0.2, 0) is 0 Å². The standard InChI is InChI=1S/C8H4F3N3O3/c9-8(10,11)17-4-1-3(2-12)5(7(15)16)14-6(4)13/h1H,(H2,13,14)(H,15,16). The number of rotatable bonds is 2. The lowest BCUT2D eigenvalue weighted by molar-refractivity contribution is -0.274. The van der Waals surface area contributed by atoms with E-state index in [2.05, 4.69) is 9.72 Å². The molecule has 1 aromatic heterocycles. The van der Waals surface area contributed by atoms with Crippen LogP contribution in [0.4, 0.5) is 19.0 Å². The fraction of sp³-hybridized carbons (Fsp3) is 0.125. The van der Waals surface area contributed by atoms with Gasteiger partial charge in [-0.15, -0.1) is 13.2 Å². The smallest absolute Gasteiger partial charge is 0.476 e. The van der Waals surface area contributed by atoms with Gasteiger partial charge < -0.3 is 15.6 Å². The number of nitriles is 1. The van der Waals surface area contributed by atoms with Crippen molar-refractivity contribution in [3.63, 3.8) is 0 Å². The van der Waals surface area contributed by atoms with Crippen LogP contribution in [0, 0.1) is 11.3 Å². The van der Waals surface area contributed by atoms with Gasteiger partial charge in [0, 0.05) is 6.07 Å². The molecular formula is C8H4F3N3O3. The van der Waals surface area contributed by atoms with E-state index in [9.17, 15) is 18.0 Å². The number of hydrogen-bond acceptors (Lipinski definition) is 5. The number of carboxylic acid groups (broad SMARTS) is 1. The van der Waals surface area contributed by atoms with Gasteiger partial charge in [-0.2, -0.15) is 5.26 Å². The van der Waals surface area contributed by atoms with Crippen molar-refractivity contribution < 1.29 is 27.8 Å². The quantitative estimate of drug-likeness (QED) is 0.810. The second-order valence-electron chi connectivity index (χ2n) is 2.73. The Balaban J connectivity index is 3.29. The van der Waals surface area contributed by atoms with Gasteiger partial charge in [-0.05, 0) is 0 Å². The normalized spacial score (nSPS) is 10.7. The number of ether oxygens (including phenoxy) is 1. The Hall–Kier alpha value is -2.50. The van der Waals surface area contributed by atoms with Gasteiger partial charge in [-0.3, -0.25) is 0 Å². The molecular weight excluding hydrogens is 243 g/mol. The zero-order chi connectivity index (χ0) is 13.2. The maximum atomic E-state index is 11.9. The number of nitrogens with zero attached hydrogens (tertiary/aromatic N) is 2. The van der Waals surface area contributed by atoms with E-state index in [1.807, 2.05) is 0 Å². The molecule has 1 heterocycles. The minimum absolute atomic E-state index is 0.569. The fourth-order valence-electron chi connectivity index (χ4n) is 0.964. The van der Waals surface area contributed by atoms with E-state index >= 15 is 0 Å². The third-order valence-electron chi connectivity index (χ3n) is 1.56. The first-order chi connectivity index (χ1) is 7.74. The first kappa shape index (κ1) is 12.6. The van der Waals surface area contributed by atoms with E-state index < -0.39 is 35.2 Å². The third kappa shape index (κ3) is 2.97. The molecule has 0 aliphatic heterocycles. The number of hydrogen-bond donors (Lipinski definition) is 2. The van der Waals surface area contributed by atoms with Crippen molar-refractivity contribution >= 4 is 11.8 Å². The van der Waals surface area contributed by atoms with Crippen LogP contribution in [0.1, 0.15) is 16.1 Å². The summed E-state index contributed by atoms with van der Waals surface area (Å²) in [6.45, 7) is 0. The van der Waals surface area contributed by atoms with Crippen molar-refractivity contribution in [2.24, 2.45) is 0 Å². The van der Waals surface area contributed by atoms with Gasteiger partial charge in [0.15, 0.2) is 17.3 Å². The molecule has 1 aromatic rings. The summed E-state index contributed by atoms with van der Waals surface area (Å²) in [6.07, 6.45) is -5.01.